The lowest BCUT2D eigenvalue weighted by atomic mass is 10.1. The molecule has 1 aromatic heterocycles. The second-order valence-corrected chi connectivity index (χ2v) is 4.26. The predicted molar refractivity (Wildman–Crippen MR) is 70.7 cm³/mol. The molecule has 0 amide bonds. The highest BCUT2D eigenvalue weighted by molar-refractivity contribution is 6.36. The van der Waals surface area contributed by atoms with E-state index >= 15 is 0 Å². The summed E-state index contributed by atoms with van der Waals surface area (Å²) in [7, 11) is 1.54. The Balaban J connectivity index is 2.56. The molecule has 0 spiro atoms. The van der Waals surface area contributed by atoms with Gasteiger partial charge in [-0.05, 0) is 18.2 Å². The minimum atomic E-state index is 0.483. The van der Waals surface area contributed by atoms with Crippen LogP contribution in [0.2, 0.25) is 10.0 Å². The summed E-state index contributed by atoms with van der Waals surface area (Å²) in [5.74, 6) is 0.532. The van der Waals surface area contributed by atoms with Crippen LogP contribution in [0.15, 0.2) is 30.5 Å². The number of halogens is 2. The van der Waals surface area contributed by atoms with Crippen molar-refractivity contribution >= 4 is 28.9 Å². The average molecular weight is 269 g/mol. The van der Waals surface area contributed by atoms with Crippen molar-refractivity contribution in [2.75, 3.05) is 12.8 Å². The van der Waals surface area contributed by atoms with Crippen molar-refractivity contribution in [3.63, 3.8) is 0 Å². The van der Waals surface area contributed by atoms with E-state index in [0.717, 1.165) is 5.56 Å². The van der Waals surface area contributed by atoms with Gasteiger partial charge in [0.25, 0.3) is 0 Å². The second kappa shape index (κ2) is 4.82. The van der Waals surface area contributed by atoms with Crippen molar-refractivity contribution in [3.05, 3.63) is 40.5 Å². The van der Waals surface area contributed by atoms with Crippen LogP contribution in [-0.4, -0.2) is 12.1 Å². The van der Waals surface area contributed by atoms with Crippen LogP contribution in [0, 0.1) is 0 Å². The summed E-state index contributed by atoms with van der Waals surface area (Å²) < 4.78 is 5.08. The maximum absolute atomic E-state index is 6.15. The molecule has 0 bridgehead atoms. The number of nitrogens with two attached hydrogens (primary N) is 1. The van der Waals surface area contributed by atoms with Crippen molar-refractivity contribution < 1.29 is 4.74 Å². The fourth-order valence-electron chi connectivity index (χ4n) is 1.48. The molecule has 1 heterocycles. The maximum Gasteiger partial charge on any atom is 0.138 e. The standard InChI is InChI=1S/C12H10Cl2N2O/c1-17-12-6-9(13)8(5-10(12)14)11-4-7(15)2-3-16-11/h2-6H,1H3,(H2,15,16). The Labute approximate surface area is 109 Å². The molecule has 2 rings (SSSR count). The summed E-state index contributed by atoms with van der Waals surface area (Å²) in [4.78, 5) is 4.20. The van der Waals surface area contributed by atoms with Crippen LogP contribution in [0.5, 0.6) is 5.75 Å². The number of benzene rings is 1. The van der Waals surface area contributed by atoms with Gasteiger partial charge in [0.2, 0.25) is 0 Å². The molecule has 0 aliphatic heterocycles. The molecule has 17 heavy (non-hydrogen) atoms. The van der Waals surface area contributed by atoms with Crippen LogP contribution in [0.25, 0.3) is 11.3 Å². The van der Waals surface area contributed by atoms with E-state index in [4.69, 9.17) is 33.7 Å². The lowest BCUT2D eigenvalue weighted by Crippen LogP contribution is -1.91. The molecule has 0 radical (unpaired) electrons. The third-order valence-corrected chi connectivity index (χ3v) is 2.91. The Bertz CT molecular complexity index is 558. The van der Waals surface area contributed by atoms with Crippen LogP contribution in [-0.2, 0) is 0 Å². The SMILES string of the molecule is COc1cc(Cl)c(-c2cc(N)ccn2)cc1Cl. The van der Waals surface area contributed by atoms with Crippen molar-refractivity contribution in [1.29, 1.82) is 0 Å². The van der Waals surface area contributed by atoms with Gasteiger partial charge >= 0.3 is 0 Å². The molecular formula is C12H10Cl2N2O. The highest BCUT2D eigenvalue weighted by Gasteiger charge is 2.10. The average Bonchev–Trinajstić information content (AvgIpc) is 2.31. The molecule has 3 nitrogen and oxygen atoms in total. The molecule has 0 saturated carbocycles. The lowest BCUT2D eigenvalue weighted by Gasteiger charge is -2.08. The van der Waals surface area contributed by atoms with E-state index < -0.39 is 0 Å². The van der Waals surface area contributed by atoms with E-state index in [1.54, 1.807) is 30.5 Å². The number of aromatic nitrogens is 1. The lowest BCUT2D eigenvalue weighted by molar-refractivity contribution is 0.415. The molecule has 0 unspecified atom stereocenters. The van der Waals surface area contributed by atoms with Crippen LogP contribution in [0.1, 0.15) is 0 Å². The summed E-state index contributed by atoms with van der Waals surface area (Å²) in [6, 6.07) is 6.82. The molecule has 0 atom stereocenters. The minimum absolute atomic E-state index is 0.483. The molecule has 2 aromatic rings. The first-order chi connectivity index (χ1) is 8.11. The second-order valence-electron chi connectivity index (χ2n) is 3.44. The number of hydrogen-bond acceptors (Lipinski definition) is 3. The highest BCUT2D eigenvalue weighted by atomic mass is 35.5. The Morgan fingerprint density at radius 2 is 1.94 bits per heavy atom. The summed E-state index contributed by atoms with van der Waals surface area (Å²) in [6.45, 7) is 0. The third-order valence-electron chi connectivity index (χ3n) is 2.30. The Morgan fingerprint density at radius 1 is 1.18 bits per heavy atom. The first-order valence-electron chi connectivity index (χ1n) is 4.86. The fraction of sp³-hybridized carbons (Fsp3) is 0.0833. The van der Waals surface area contributed by atoms with E-state index in [2.05, 4.69) is 4.98 Å². The summed E-state index contributed by atoms with van der Waals surface area (Å²) in [5, 5.41) is 1.00. The van der Waals surface area contributed by atoms with E-state index in [1.165, 1.54) is 7.11 Å². The van der Waals surface area contributed by atoms with Crippen LogP contribution >= 0.6 is 23.2 Å². The van der Waals surface area contributed by atoms with Gasteiger partial charge in [0, 0.05) is 23.5 Å². The van der Waals surface area contributed by atoms with Gasteiger partial charge in [-0.2, -0.15) is 0 Å². The molecule has 2 N–H and O–H groups in total. The molecular weight excluding hydrogens is 259 g/mol. The summed E-state index contributed by atoms with van der Waals surface area (Å²) in [5.41, 5.74) is 7.73. The predicted octanol–water partition coefficient (Wildman–Crippen LogP) is 3.65. The number of rotatable bonds is 2. The van der Waals surface area contributed by atoms with Gasteiger partial charge in [-0.25, -0.2) is 0 Å². The van der Waals surface area contributed by atoms with Gasteiger partial charge in [0.05, 0.1) is 22.8 Å². The molecule has 1 aromatic carbocycles. The summed E-state index contributed by atoms with van der Waals surface area (Å²) >= 11 is 12.2. The number of methoxy groups -OCH3 is 1. The Hall–Kier alpha value is -1.45. The molecule has 88 valence electrons. The Kier molecular flexibility index (Phi) is 3.41. The number of anilines is 1. The Morgan fingerprint density at radius 3 is 2.59 bits per heavy atom. The number of ether oxygens (including phenoxy) is 1. The molecule has 0 fully saturated rings. The minimum Gasteiger partial charge on any atom is -0.495 e. The number of hydrogen-bond donors (Lipinski definition) is 1. The van der Waals surface area contributed by atoms with Crippen LogP contribution < -0.4 is 10.5 Å². The normalized spacial score (nSPS) is 10.3. The third kappa shape index (κ3) is 2.46. The van der Waals surface area contributed by atoms with Gasteiger partial charge in [0.1, 0.15) is 5.75 Å². The molecule has 0 aliphatic rings. The smallest absolute Gasteiger partial charge is 0.138 e. The van der Waals surface area contributed by atoms with Crippen molar-refractivity contribution in [3.8, 4) is 17.0 Å². The van der Waals surface area contributed by atoms with E-state index in [9.17, 15) is 0 Å². The zero-order valence-electron chi connectivity index (χ0n) is 9.08. The first kappa shape index (κ1) is 12.0. The molecule has 0 aliphatic carbocycles. The monoisotopic (exact) mass is 268 g/mol. The first-order valence-corrected chi connectivity index (χ1v) is 5.62. The van der Waals surface area contributed by atoms with Crippen LogP contribution in [0.4, 0.5) is 5.69 Å². The van der Waals surface area contributed by atoms with Gasteiger partial charge in [-0.1, -0.05) is 23.2 Å². The van der Waals surface area contributed by atoms with Crippen molar-refractivity contribution in [1.82, 2.24) is 4.98 Å². The maximum atomic E-state index is 6.15. The van der Waals surface area contributed by atoms with E-state index in [1.807, 2.05) is 0 Å². The van der Waals surface area contributed by atoms with Crippen LogP contribution in [0.3, 0.4) is 0 Å². The van der Waals surface area contributed by atoms with Crippen molar-refractivity contribution in [2.45, 2.75) is 0 Å². The number of nitrogen functional groups attached to an aromatic ring is 1. The van der Waals surface area contributed by atoms with Crippen molar-refractivity contribution in [2.24, 2.45) is 0 Å². The quantitative estimate of drug-likeness (QED) is 0.905. The zero-order valence-corrected chi connectivity index (χ0v) is 10.6. The van der Waals surface area contributed by atoms with Gasteiger partial charge < -0.3 is 10.5 Å². The highest BCUT2D eigenvalue weighted by Crippen LogP contribution is 2.36. The number of pyridine rings is 1. The summed E-state index contributed by atoms with van der Waals surface area (Å²) in [6.07, 6.45) is 1.62. The topological polar surface area (TPSA) is 48.1 Å². The van der Waals surface area contributed by atoms with E-state index in [0.29, 0.717) is 27.2 Å². The molecule has 0 saturated heterocycles. The van der Waals surface area contributed by atoms with E-state index in [-0.39, 0.29) is 0 Å². The zero-order chi connectivity index (χ0) is 12.4. The van der Waals surface area contributed by atoms with Gasteiger partial charge in [-0.3, -0.25) is 4.98 Å². The molecule has 5 heteroatoms. The number of nitrogens with zero attached hydrogens (tertiary/aromatic N) is 1. The van der Waals surface area contributed by atoms with Gasteiger partial charge in [0.15, 0.2) is 0 Å². The largest absolute Gasteiger partial charge is 0.495 e. The fourth-order valence-corrected chi connectivity index (χ4v) is 1.97. The van der Waals surface area contributed by atoms with Gasteiger partial charge in [-0.15, -0.1) is 0 Å².